The van der Waals surface area contributed by atoms with Crippen LogP contribution in [0, 0.1) is 11.3 Å². The van der Waals surface area contributed by atoms with Crippen LogP contribution in [-0.4, -0.2) is 32.6 Å². The van der Waals surface area contributed by atoms with Gasteiger partial charge in [0.15, 0.2) is 0 Å². The van der Waals surface area contributed by atoms with Crippen LogP contribution >= 0.6 is 15.9 Å². The Morgan fingerprint density at radius 1 is 1.47 bits per heavy atom. The lowest BCUT2D eigenvalue weighted by molar-refractivity contribution is 0.0685. The number of nitrogens with zero attached hydrogens (tertiary/aromatic N) is 1. The third-order valence-corrected chi connectivity index (χ3v) is 4.18. The molecular formula is C14H20BrN3O. The molecule has 0 atom stereocenters. The van der Waals surface area contributed by atoms with Gasteiger partial charge in [-0.05, 0) is 52.9 Å². The number of nitrogens with one attached hydrogen (secondary N) is 1. The monoisotopic (exact) mass is 325 g/mol. The van der Waals surface area contributed by atoms with Gasteiger partial charge in [-0.1, -0.05) is 0 Å². The van der Waals surface area contributed by atoms with E-state index in [4.69, 9.17) is 15.9 Å². The minimum atomic E-state index is 0.0966. The minimum Gasteiger partial charge on any atom is -0.384 e. The summed E-state index contributed by atoms with van der Waals surface area (Å²) in [5, 5.41) is 7.44. The normalized spacial score (nSPS) is 16.3. The van der Waals surface area contributed by atoms with Gasteiger partial charge >= 0.3 is 0 Å². The molecule has 0 unspecified atom stereocenters. The summed E-state index contributed by atoms with van der Waals surface area (Å²) in [6.07, 6.45) is 2.26. The molecule has 0 aromatic heterocycles. The number of ether oxygens (including phenoxy) is 1. The van der Waals surface area contributed by atoms with Gasteiger partial charge in [0, 0.05) is 36.8 Å². The van der Waals surface area contributed by atoms with Crippen LogP contribution in [0.2, 0.25) is 0 Å². The Labute approximate surface area is 122 Å². The zero-order valence-electron chi connectivity index (χ0n) is 11.2. The highest BCUT2D eigenvalue weighted by atomic mass is 79.9. The maximum absolute atomic E-state index is 7.44. The zero-order chi connectivity index (χ0) is 13.8. The lowest BCUT2D eigenvalue weighted by Crippen LogP contribution is -2.29. The molecule has 0 amide bonds. The molecule has 104 valence electrons. The molecule has 0 radical (unpaired) electrons. The van der Waals surface area contributed by atoms with E-state index in [1.807, 2.05) is 18.2 Å². The summed E-state index contributed by atoms with van der Waals surface area (Å²) in [7, 11) is 2.10. The summed E-state index contributed by atoms with van der Waals surface area (Å²) in [6.45, 7) is 2.78. The Hall–Kier alpha value is -1.07. The summed E-state index contributed by atoms with van der Waals surface area (Å²) in [5.74, 6) is 0.789. The molecule has 1 saturated heterocycles. The maximum Gasteiger partial charge on any atom is 0.122 e. The lowest BCUT2D eigenvalue weighted by atomic mass is 9.99. The van der Waals surface area contributed by atoms with Crippen LogP contribution in [-0.2, 0) is 4.74 Å². The molecule has 1 aromatic carbocycles. The fourth-order valence-electron chi connectivity index (χ4n) is 2.40. The highest BCUT2D eigenvalue weighted by Gasteiger charge is 2.17. The second-order valence-electron chi connectivity index (χ2n) is 5.02. The van der Waals surface area contributed by atoms with Crippen LogP contribution in [0.4, 0.5) is 5.69 Å². The van der Waals surface area contributed by atoms with E-state index in [-0.39, 0.29) is 5.84 Å². The number of amidine groups is 1. The average Bonchev–Trinajstić information content (AvgIpc) is 2.39. The van der Waals surface area contributed by atoms with Crippen molar-refractivity contribution in [2.75, 3.05) is 31.7 Å². The molecule has 0 spiro atoms. The van der Waals surface area contributed by atoms with Crippen LogP contribution in [0.15, 0.2) is 22.7 Å². The molecule has 1 aliphatic heterocycles. The largest absolute Gasteiger partial charge is 0.384 e. The first-order valence-electron chi connectivity index (χ1n) is 6.50. The van der Waals surface area contributed by atoms with E-state index in [0.717, 1.165) is 48.3 Å². The van der Waals surface area contributed by atoms with Crippen molar-refractivity contribution in [3.05, 3.63) is 28.2 Å². The van der Waals surface area contributed by atoms with Gasteiger partial charge in [-0.15, -0.1) is 0 Å². The van der Waals surface area contributed by atoms with Crippen molar-refractivity contribution in [3.8, 4) is 0 Å². The van der Waals surface area contributed by atoms with Crippen molar-refractivity contribution < 1.29 is 4.74 Å². The Balaban J connectivity index is 2.05. The molecule has 0 aliphatic carbocycles. The Morgan fingerprint density at radius 2 is 2.16 bits per heavy atom. The number of benzene rings is 1. The molecule has 4 nitrogen and oxygen atoms in total. The first-order chi connectivity index (χ1) is 9.08. The van der Waals surface area contributed by atoms with Gasteiger partial charge < -0.3 is 15.4 Å². The number of hydrogen-bond acceptors (Lipinski definition) is 3. The van der Waals surface area contributed by atoms with Crippen molar-refractivity contribution in [3.63, 3.8) is 0 Å². The molecule has 3 N–H and O–H groups in total. The fourth-order valence-corrected chi connectivity index (χ4v) is 3.08. The smallest absolute Gasteiger partial charge is 0.122 e. The quantitative estimate of drug-likeness (QED) is 0.660. The molecule has 0 bridgehead atoms. The summed E-state index contributed by atoms with van der Waals surface area (Å²) in [6, 6.07) is 5.81. The van der Waals surface area contributed by atoms with E-state index < -0.39 is 0 Å². The van der Waals surface area contributed by atoms with E-state index in [2.05, 4.69) is 27.9 Å². The molecular weight excluding hydrogens is 306 g/mol. The maximum atomic E-state index is 7.44. The number of nitrogen functional groups attached to an aromatic ring is 1. The Kier molecular flexibility index (Phi) is 4.82. The number of halogens is 1. The highest BCUT2D eigenvalue weighted by molar-refractivity contribution is 9.10. The standard InChI is InChI=1S/C14H20BrN3O/c1-18(9-10-4-6-19-7-5-10)13-3-2-11(14(16)17)8-12(13)15/h2-3,8,10H,4-7,9H2,1H3,(H3,16,17). The van der Waals surface area contributed by atoms with Crippen molar-refractivity contribution in [2.24, 2.45) is 11.7 Å². The van der Waals surface area contributed by atoms with Gasteiger partial charge in [0.05, 0.1) is 5.69 Å². The van der Waals surface area contributed by atoms with Gasteiger partial charge in [0.2, 0.25) is 0 Å². The summed E-state index contributed by atoms with van der Waals surface area (Å²) in [4.78, 5) is 2.25. The summed E-state index contributed by atoms with van der Waals surface area (Å²) < 4.78 is 6.37. The predicted octanol–water partition coefficient (Wildman–Crippen LogP) is 2.60. The topological polar surface area (TPSA) is 62.3 Å². The second-order valence-corrected chi connectivity index (χ2v) is 5.87. The highest BCUT2D eigenvalue weighted by Crippen LogP contribution is 2.28. The van der Waals surface area contributed by atoms with Crippen molar-refractivity contribution >= 4 is 27.5 Å². The Bertz CT molecular complexity index is 458. The second kappa shape index (κ2) is 6.39. The molecule has 1 fully saturated rings. The van der Waals surface area contributed by atoms with E-state index >= 15 is 0 Å². The lowest BCUT2D eigenvalue weighted by Gasteiger charge is -2.29. The molecule has 19 heavy (non-hydrogen) atoms. The third-order valence-electron chi connectivity index (χ3n) is 3.54. The first kappa shape index (κ1) is 14.3. The van der Waals surface area contributed by atoms with Gasteiger partial charge in [0.1, 0.15) is 5.84 Å². The van der Waals surface area contributed by atoms with Crippen LogP contribution in [0.1, 0.15) is 18.4 Å². The van der Waals surface area contributed by atoms with Crippen molar-refractivity contribution in [1.29, 1.82) is 5.41 Å². The number of nitrogens with two attached hydrogens (primary N) is 1. The molecule has 0 saturated carbocycles. The van der Waals surface area contributed by atoms with Crippen LogP contribution in [0.3, 0.4) is 0 Å². The van der Waals surface area contributed by atoms with Crippen LogP contribution in [0.5, 0.6) is 0 Å². The first-order valence-corrected chi connectivity index (χ1v) is 7.30. The molecule has 5 heteroatoms. The Morgan fingerprint density at radius 3 is 2.74 bits per heavy atom. The summed E-state index contributed by atoms with van der Waals surface area (Å²) >= 11 is 3.56. The van der Waals surface area contributed by atoms with Crippen LogP contribution < -0.4 is 10.6 Å². The number of hydrogen-bond donors (Lipinski definition) is 2. The molecule has 2 rings (SSSR count). The number of anilines is 1. The van der Waals surface area contributed by atoms with Gasteiger partial charge in [-0.3, -0.25) is 5.41 Å². The van der Waals surface area contributed by atoms with Gasteiger partial charge in [-0.25, -0.2) is 0 Å². The van der Waals surface area contributed by atoms with E-state index in [1.54, 1.807) is 0 Å². The third kappa shape index (κ3) is 3.70. The van der Waals surface area contributed by atoms with E-state index in [0.29, 0.717) is 5.92 Å². The molecule has 1 aliphatic rings. The number of rotatable bonds is 4. The predicted molar refractivity (Wildman–Crippen MR) is 82.0 cm³/mol. The van der Waals surface area contributed by atoms with Gasteiger partial charge in [-0.2, -0.15) is 0 Å². The average molecular weight is 326 g/mol. The zero-order valence-corrected chi connectivity index (χ0v) is 12.7. The van der Waals surface area contributed by atoms with E-state index in [9.17, 15) is 0 Å². The fraction of sp³-hybridized carbons (Fsp3) is 0.500. The van der Waals surface area contributed by atoms with Crippen LogP contribution in [0.25, 0.3) is 0 Å². The molecule has 1 aromatic rings. The SMILES string of the molecule is CN(CC1CCOCC1)c1ccc(C(=N)N)cc1Br. The van der Waals surface area contributed by atoms with Crippen molar-refractivity contribution in [1.82, 2.24) is 0 Å². The molecule has 1 heterocycles. The van der Waals surface area contributed by atoms with Crippen molar-refractivity contribution in [2.45, 2.75) is 12.8 Å². The van der Waals surface area contributed by atoms with Gasteiger partial charge in [0.25, 0.3) is 0 Å². The summed E-state index contributed by atoms with van der Waals surface area (Å²) in [5.41, 5.74) is 7.37. The van der Waals surface area contributed by atoms with E-state index in [1.165, 1.54) is 0 Å². The minimum absolute atomic E-state index is 0.0966.